The molecule has 0 bridgehead atoms. The largest absolute Gasteiger partial charge is 0.496 e. The minimum absolute atomic E-state index is 0. The number of hydrogen-bond donors (Lipinski definition) is 16. The van der Waals surface area contributed by atoms with Crippen LogP contribution in [-0.2, 0) is 94.2 Å². The van der Waals surface area contributed by atoms with Crippen LogP contribution in [0.25, 0.3) is 21.8 Å². The van der Waals surface area contributed by atoms with Gasteiger partial charge in [0, 0.05) is 131 Å². The van der Waals surface area contributed by atoms with Gasteiger partial charge in [-0.1, -0.05) is 112 Å². The summed E-state index contributed by atoms with van der Waals surface area (Å²) < 4.78 is 29.2. The average molecular weight is 1870 g/mol. The van der Waals surface area contributed by atoms with Crippen molar-refractivity contribution in [2.45, 2.75) is 170 Å². The van der Waals surface area contributed by atoms with Gasteiger partial charge in [0.05, 0.1) is 60.3 Å². The first kappa shape index (κ1) is 116. The molecule has 40 heteroatoms. The van der Waals surface area contributed by atoms with E-state index in [0.29, 0.717) is 69.7 Å². The van der Waals surface area contributed by atoms with E-state index in [-0.39, 0.29) is 132 Å². The van der Waals surface area contributed by atoms with E-state index in [9.17, 15) is 76.7 Å². The molecule has 9 atom stereocenters. The van der Waals surface area contributed by atoms with Crippen LogP contribution < -0.4 is 70.4 Å². The molecule has 0 aliphatic carbocycles. The van der Waals surface area contributed by atoms with Gasteiger partial charge in [-0.3, -0.25) is 57.5 Å². The fraction of sp³-hybridized carbons (Fsp3) is 0.429. The number of aliphatic carboxylic acids is 2. The van der Waals surface area contributed by atoms with Gasteiger partial charge in [0.1, 0.15) is 47.4 Å². The number of aromatic carboxylic acids is 1. The Morgan fingerprint density at radius 2 is 0.679 bits per heavy atom. The number of aromatic amines is 7. The van der Waals surface area contributed by atoms with Crippen LogP contribution >= 0.6 is 24.8 Å². The number of nitrogens with two attached hydrogens (primary N) is 3. The number of methoxy groups -OCH3 is 6. The quantitative estimate of drug-likeness (QED) is 0.0103. The molecule has 5 unspecified atom stereocenters. The fourth-order valence-electron chi connectivity index (χ4n) is 12.7. The Balaban J connectivity index is 0.000000794. The number of aromatic nitrogens is 7. The molecule has 0 saturated heterocycles. The molecule has 0 fully saturated rings. The van der Waals surface area contributed by atoms with E-state index in [4.69, 9.17) is 51.5 Å². The number of H-pyrrole nitrogens is 7. The molecule has 0 saturated carbocycles. The predicted octanol–water partition coefficient (Wildman–Crippen LogP) is 7.42. The third kappa shape index (κ3) is 40.9. The normalized spacial score (nSPS) is 12.5. The van der Waals surface area contributed by atoms with Gasteiger partial charge in [0.2, 0.25) is 17.7 Å². The van der Waals surface area contributed by atoms with Crippen LogP contribution in [0.5, 0.6) is 11.5 Å². The van der Waals surface area contributed by atoms with Gasteiger partial charge in [0.25, 0.3) is 27.8 Å². The standard InChI is InChI=1S/C26H31N3O6.C16H24N2O4.C15H23N3O4.C10H9NO3.C9H12N2O3.C8H10N2O3.C7H14O2.2ClH/c1-15(2)11-17(13-22(30)20-14-18-19(28-20)8-5-9-23(18)34-3)25(32)29-21(26(33)35-4)12-16-7-6-10-27-24(16)31;1-10(2)8-11(3)14(19)18-13(16(21)22-4)9-12-6-5-7-17-15(12)20;1-9(2)7-11(16)14(20)18-12(15(21)22-3)8-10-5-4-6-17-13(10)19;1-14-9-4-2-3-7-6(9)5-8(11-7)10(12)13;1-14-9(13)7(10)5-6-3-2-4-11-8(6)12;9-6(8(12)13)4-5-2-1-3-10-7(5)11;1-5(2)4-6(3)7(8)9;;/h5-10,14-15,17,21,28H,11-13H2,1-4H3,(H,27,31)(H,29,32);5-7,10-11,13H,8-9H2,1-4H3,(H,17,20)(H,18,19);4-6,9,11-12H,7-8,16H2,1-3H3,(H,17,19)(H,18,20);2-5,11H,1H3,(H,12,13);2-4,7H,5,10H2,1H3,(H,11,12);1-3,6H,4,9H2,(H,10,11)(H,12,13);5-6H,4H2,1-3H3,(H,8,9);2*1H/t17-,21?;11-,13?;11-,12?;;;;6-;;/m100...0../s1. The Kier molecular flexibility index (Phi) is 52.8. The van der Waals surface area contributed by atoms with Crippen molar-refractivity contribution >= 4 is 112 Å². The number of esters is 4. The number of benzene rings is 2. The second-order valence-electron chi connectivity index (χ2n) is 31.6. The first-order valence-electron chi connectivity index (χ1n) is 41.3. The molecule has 9 rings (SSSR count). The van der Waals surface area contributed by atoms with E-state index in [0.717, 1.165) is 34.6 Å². The van der Waals surface area contributed by atoms with Gasteiger partial charge in [-0.2, -0.15) is 0 Å². The second-order valence-corrected chi connectivity index (χ2v) is 31.6. The second kappa shape index (κ2) is 59.7. The maximum Gasteiger partial charge on any atom is 0.352 e. The van der Waals surface area contributed by atoms with Crippen LogP contribution in [0.3, 0.4) is 0 Å². The summed E-state index contributed by atoms with van der Waals surface area (Å²) in [5, 5.41) is 35.2. The number of carboxylic acid groups (broad SMARTS) is 3. The summed E-state index contributed by atoms with van der Waals surface area (Å²) in [7, 11) is 8.09. The number of carbonyl (C=O) groups excluding carboxylic acids is 8. The molecule has 131 heavy (non-hydrogen) atoms. The molecule has 7 aromatic heterocycles. The molecule has 9 aromatic rings. The molecular weight excluding hydrogens is 1750 g/mol. The lowest BCUT2D eigenvalue weighted by Crippen LogP contribution is -2.50. The third-order valence-electron chi connectivity index (χ3n) is 19.2. The minimum atomic E-state index is -1.11. The third-order valence-corrected chi connectivity index (χ3v) is 19.2. The van der Waals surface area contributed by atoms with Crippen molar-refractivity contribution in [3.63, 3.8) is 0 Å². The molecule has 0 aliphatic rings. The Labute approximate surface area is 769 Å². The average Bonchev–Trinajstić information content (AvgIpc) is 1.69. The Morgan fingerprint density at radius 1 is 0.359 bits per heavy atom. The summed E-state index contributed by atoms with van der Waals surface area (Å²) in [6.45, 7) is 19.5. The fourth-order valence-corrected chi connectivity index (χ4v) is 12.7. The zero-order valence-electron chi connectivity index (χ0n) is 76.2. The SMILES string of the molecule is CC(C)C[C@H](C)C(=O)O.COC(=O)C(Cc1ccc[nH]c1=O)NC(=O)[C@@H](C)CC(C)C.COC(=O)C(Cc1ccc[nH]c1=O)NC(=O)[C@@H](CC(=O)c1cc2c(OC)cccc2[nH]1)CC(C)C.COC(=O)C(Cc1ccc[nH]c1=O)NC(=O)[C@@H](N)CC(C)C.COC(=O)C(N)Cc1ccc[nH]c1=O.COc1cccc2[nH]c(C(=O)O)cc12.Cl.Cl.NC(Cc1ccc[nH]c1=O)C(=O)O. The number of amides is 3. The molecule has 2 aromatic carbocycles. The first-order chi connectivity index (χ1) is 60.9. The van der Waals surface area contributed by atoms with Crippen LogP contribution in [0, 0.1) is 41.4 Å². The summed E-state index contributed by atoms with van der Waals surface area (Å²) in [5.74, 6) is -4.94. The Hall–Kier alpha value is -13.3. The number of ether oxygens (including phenoxy) is 6. The molecule has 19 N–H and O–H groups in total. The number of halogens is 2. The van der Waals surface area contributed by atoms with E-state index in [1.54, 1.807) is 100 Å². The van der Waals surface area contributed by atoms with Gasteiger partial charge in [-0.25, -0.2) is 19.2 Å². The van der Waals surface area contributed by atoms with Crippen LogP contribution in [0.15, 0.2) is 164 Å². The molecular formula is C91H125Cl2N13O25. The Bertz CT molecular complexity index is 5360. The zero-order valence-corrected chi connectivity index (χ0v) is 77.9. The number of carboxylic acids is 3. The van der Waals surface area contributed by atoms with Crippen molar-refractivity contribution in [3.05, 3.63) is 231 Å². The maximum absolute atomic E-state index is 13.2. The van der Waals surface area contributed by atoms with Crippen molar-refractivity contribution in [1.82, 2.24) is 50.8 Å². The van der Waals surface area contributed by atoms with Crippen molar-refractivity contribution in [3.8, 4) is 11.5 Å². The van der Waals surface area contributed by atoms with E-state index >= 15 is 0 Å². The van der Waals surface area contributed by atoms with Crippen molar-refractivity contribution < 1.29 is 96.5 Å². The summed E-state index contributed by atoms with van der Waals surface area (Å²) in [6, 6.07) is 25.1. The highest BCUT2D eigenvalue weighted by molar-refractivity contribution is 6.03. The van der Waals surface area contributed by atoms with E-state index in [2.05, 4.69) is 60.3 Å². The molecule has 718 valence electrons. The highest BCUT2D eigenvalue weighted by atomic mass is 35.5. The van der Waals surface area contributed by atoms with Gasteiger partial charge in [-0.15, -0.1) is 24.8 Å². The van der Waals surface area contributed by atoms with Crippen molar-refractivity contribution in [1.29, 1.82) is 0 Å². The first-order valence-corrected chi connectivity index (χ1v) is 41.3. The van der Waals surface area contributed by atoms with Crippen LogP contribution in [0.2, 0.25) is 0 Å². The summed E-state index contributed by atoms with van der Waals surface area (Å²) in [5.41, 5.74) is 19.2. The lowest BCUT2D eigenvalue weighted by Gasteiger charge is -2.22. The van der Waals surface area contributed by atoms with Crippen LogP contribution in [-0.4, -0.2) is 194 Å². The molecule has 0 spiro atoms. The number of rotatable bonds is 36. The molecule has 38 nitrogen and oxygen atoms in total. The van der Waals surface area contributed by atoms with Gasteiger partial charge in [0.15, 0.2) is 5.78 Å². The number of pyridine rings is 5. The van der Waals surface area contributed by atoms with E-state index in [1.807, 2.05) is 92.6 Å². The van der Waals surface area contributed by atoms with E-state index in [1.165, 1.54) is 59.4 Å². The topological polar surface area (TPSA) is 614 Å². The summed E-state index contributed by atoms with van der Waals surface area (Å²) in [4.78, 5) is 205. The molecule has 7 heterocycles. The van der Waals surface area contributed by atoms with Crippen molar-refractivity contribution in [2.75, 3.05) is 42.7 Å². The van der Waals surface area contributed by atoms with Crippen LogP contribution in [0.4, 0.5) is 0 Å². The Morgan fingerprint density at radius 3 is 0.992 bits per heavy atom. The highest BCUT2D eigenvalue weighted by Crippen LogP contribution is 2.29. The zero-order chi connectivity index (χ0) is 96.9. The monoisotopic (exact) mass is 1870 g/mol. The molecule has 3 amide bonds. The van der Waals surface area contributed by atoms with Gasteiger partial charge in [-0.05, 0) is 116 Å². The van der Waals surface area contributed by atoms with E-state index < -0.39 is 95.8 Å². The number of Topliss-reactive ketones (excluding diaryl/α,β-unsaturated/α-hetero) is 1. The van der Waals surface area contributed by atoms with Crippen LogP contribution in [0.1, 0.15) is 150 Å². The smallest absolute Gasteiger partial charge is 0.352 e. The molecule has 0 aliphatic heterocycles. The number of ketones is 1. The predicted molar refractivity (Wildman–Crippen MR) is 497 cm³/mol. The maximum atomic E-state index is 13.2. The molecule has 0 radical (unpaired) electrons. The summed E-state index contributed by atoms with van der Waals surface area (Å²) in [6.07, 6.45) is 10.3. The number of fused-ring (bicyclic) bond motifs is 2. The minimum Gasteiger partial charge on any atom is -0.496 e. The van der Waals surface area contributed by atoms with Gasteiger partial charge >= 0.3 is 41.8 Å². The summed E-state index contributed by atoms with van der Waals surface area (Å²) >= 11 is 0. The highest BCUT2D eigenvalue weighted by Gasteiger charge is 2.32. The number of nitrogens with one attached hydrogen (secondary N) is 10. The number of carbonyl (C=O) groups is 11. The lowest BCUT2D eigenvalue weighted by molar-refractivity contribution is -0.145. The number of hydrogen-bond acceptors (Lipinski definition) is 25. The van der Waals surface area contributed by atoms with Crippen molar-refractivity contribution in [2.24, 2.45) is 58.6 Å². The lowest BCUT2D eigenvalue weighted by atomic mass is 9.90. The van der Waals surface area contributed by atoms with Gasteiger partial charge < -0.3 is 112 Å².